The molecule has 0 saturated carbocycles. The van der Waals surface area contributed by atoms with Crippen LogP contribution in [0.2, 0.25) is 0 Å². The lowest BCUT2D eigenvalue weighted by molar-refractivity contribution is -0.151. The van der Waals surface area contributed by atoms with E-state index in [2.05, 4.69) is 5.32 Å². The van der Waals surface area contributed by atoms with Gasteiger partial charge in [-0.2, -0.15) is 0 Å². The first-order valence-corrected chi connectivity index (χ1v) is 6.97. The maximum atomic E-state index is 12.6. The number of nitrogens with one attached hydrogen (secondary N) is 1. The SMILES string of the molecule is CC1C(=O)NCCN1C(=O)N1CCCCC1(C)C(=O)O. The molecule has 7 nitrogen and oxygen atoms in total. The summed E-state index contributed by atoms with van der Waals surface area (Å²) in [6, 6.07) is -0.909. The molecule has 0 aromatic heterocycles. The van der Waals surface area contributed by atoms with Gasteiger partial charge in [-0.1, -0.05) is 0 Å². The fourth-order valence-electron chi connectivity index (χ4n) is 2.85. The second-order valence-corrected chi connectivity index (χ2v) is 5.63. The largest absolute Gasteiger partial charge is 0.480 e. The maximum Gasteiger partial charge on any atom is 0.329 e. The minimum Gasteiger partial charge on any atom is -0.480 e. The van der Waals surface area contributed by atoms with Crippen molar-refractivity contribution in [2.45, 2.75) is 44.7 Å². The van der Waals surface area contributed by atoms with Gasteiger partial charge in [0.15, 0.2) is 0 Å². The first kappa shape index (κ1) is 14.6. The van der Waals surface area contributed by atoms with Crippen LogP contribution in [0.15, 0.2) is 0 Å². The maximum absolute atomic E-state index is 12.6. The molecule has 0 bridgehead atoms. The molecule has 2 aliphatic rings. The Balaban J connectivity index is 2.22. The van der Waals surface area contributed by atoms with E-state index in [1.807, 2.05) is 0 Å². The van der Waals surface area contributed by atoms with E-state index < -0.39 is 17.6 Å². The molecule has 2 N–H and O–H groups in total. The van der Waals surface area contributed by atoms with Crippen molar-refractivity contribution in [2.24, 2.45) is 0 Å². The van der Waals surface area contributed by atoms with Gasteiger partial charge in [0.05, 0.1) is 0 Å². The second kappa shape index (κ2) is 5.30. The highest BCUT2D eigenvalue weighted by Crippen LogP contribution is 2.29. The Bertz CT molecular complexity index is 439. The van der Waals surface area contributed by atoms with Crippen molar-refractivity contribution in [3.63, 3.8) is 0 Å². The molecule has 0 aliphatic carbocycles. The number of piperidine rings is 1. The van der Waals surface area contributed by atoms with Gasteiger partial charge in [-0.3, -0.25) is 4.79 Å². The Hall–Kier alpha value is -1.79. The highest BCUT2D eigenvalue weighted by Gasteiger charge is 2.46. The number of piperazine rings is 1. The lowest BCUT2D eigenvalue weighted by atomic mass is 9.88. The van der Waals surface area contributed by atoms with Crippen molar-refractivity contribution in [1.82, 2.24) is 15.1 Å². The van der Waals surface area contributed by atoms with Gasteiger partial charge in [-0.05, 0) is 33.1 Å². The van der Waals surface area contributed by atoms with Crippen LogP contribution in [0.3, 0.4) is 0 Å². The molecule has 0 aromatic carbocycles. The molecule has 3 amide bonds. The topological polar surface area (TPSA) is 90.0 Å². The number of nitrogens with zero attached hydrogens (tertiary/aromatic N) is 2. The van der Waals surface area contributed by atoms with Crippen molar-refractivity contribution < 1.29 is 19.5 Å². The molecule has 112 valence electrons. The van der Waals surface area contributed by atoms with Gasteiger partial charge in [0.25, 0.3) is 0 Å². The molecule has 2 rings (SSSR count). The molecule has 2 atom stereocenters. The number of hydrogen-bond donors (Lipinski definition) is 2. The van der Waals surface area contributed by atoms with E-state index in [9.17, 15) is 19.5 Å². The number of amides is 3. The molecule has 2 saturated heterocycles. The Morgan fingerprint density at radius 3 is 2.70 bits per heavy atom. The Kier molecular flexibility index (Phi) is 3.87. The summed E-state index contributed by atoms with van der Waals surface area (Å²) in [6.07, 6.45) is 2.04. The Morgan fingerprint density at radius 2 is 2.05 bits per heavy atom. The average molecular weight is 283 g/mol. The minimum absolute atomic E-state index is 0.196. The molecule has 2 heterocycles. The van der Waals surface area contributed by atoms with Crippen LogP contribution in [0.1, 0.15) is 33.1 Å². The molecular formula is C13H21N3O4. The number of carbonyl (C=O) groups is 3. The summed E-state index contributed by atoms with van der Waals surface area (Å²) in [7, 11) is 0. The van der Waals surface area contributed by atoms with Crippen molar-refractivity contribution in [3.05, 3.63) is 0 Å². The predicted molar refractivity (Wildman–Crippen MR) is 71.2 cm³/mol. The van der Waals surface area contributed by atoms with Crippen LogP contribution in [0.4, 0.5) is 4.79 Å². The van der Waals surface area contributed by atoms with Crippen LogP contribution in [0, 0.1) is 0 Å². The normalized spacial score (nSPS) is 30.9. The molecule has 0 radical (unpaired) electrons. The van der Waals surface area contributed by atoms with Crippen LogP contribution in [-0.4, -0.2) is 64.0 Å². The van der Waals surface area contributed by atoms with Crippen molar-refractivity contribution in [2.75, 3.05) is 19.6 Å². The first-order chi connectivity index (χ1) is 9.38. The number of rotatable bonds is 1. The highest BCUT2D eigenvalue weighted by atomic mass is 16.4. The van der Waals surface area contributed by atoms with E-state index in [1.54, 1.807) is 13.8 Å². The zero-order valence-corrected chi connectivity index (χ0v) is 11.9. The third-order valence-electron chi connectivity index (χ3n) is 4.33. The molecule has 2 fully saturated rings. The van der Waals surface area contributed by atoms with E-state index >= 15 is 0 Å². The fraction of sp³-hybridized carbons (Fsp3) is 0.769. The molecule has 0 spiro atoms. The molecular weight excluding hydrogens is 262 g/mol. The van der Waals surface area contributed by atoms with Gasteiger partial charge >= 0.3 is 12.0 Å². The van der Waals surface area contributed by atoms with E-state index in [1.165, 1.54) is 9.80 Å². The average Bonchev–Trinajstić information content (AvgIpc) is 2.41. The number of urea groups is 1. The predicted octanol–water partition coefficient (Wildman–Crippen LogP) is 0.256. The van der Waals surface area contributed by atoms with E-state index in [0.717, 1.165) is 12.8 Å². The minimum atomic E-state index is -1.18. The molecule has 0 aromatic rings. The summed E-state index contributed by atoms with van der Waals surface area (Å²) in [5, 5.41) is 12.1. The van der Waals surface area contributed by atoms with Crippen molar-refractivity contribution in [1.29, 1.82) is 0 Å². The monoisotopic (exact) mass is 283 g/mol. The number of carbonyl (C=O) groups excluding carboxylic acids is 2. The Labute approximate surface area is 117 Å². The van der Waals surface area contributed by atoms with E-state index in [4.69, 9.17) is 0 Å². The van der Waals surface area contributed by atoms with Crippen LogP contribution < -0.4 is 5.32 Å². The zero-order valence-electron chi connectivity index (χ0n) is 11.9. The van der Waals surface area contributed by atoms with E-state index in [-0.39, 0.29) is 11.9 Å². The van der Waals surface area contributed by atoms with Gasteiger partial charge < -0.3 is 20.2 Å². The molecule has 2 aliphatic heterocycles. The van der Waals surface area contributed by atoms with Gasteiger partial charge in [0.1, 0.15) is 11.6 Å². The Morgan fingerprint density at radius 1 is 1.35 bits per heavy atom. The number of carboxylic acid groups (broad SMARTS) is 1. The molecule has 7 heteroatoms. The standard InChI is InChI=1S/C13H21N3O4/c1-9-10(17)14-6-8-15(9)12(20)16-7-4-3-5-13(16,2)11(18)19/h9H,3-8H2,1-2H3,(H,14,17)(H,18,19). The summed E-state index contributed by atoms with van der Waals surface area (Å²) >= 11 is 0. The second-order valence-electron chi connectivity index (χ2n) is 5.63. The van der Waals surface area contributed by atoms with E-state index in [0.29, 0.717) is 26.1 Å². The lowest BCUT2D eigenvalue weighted by Crippen LogP contribution is -2.65. The summed E-state index contributed by atoms with van der Waals surface area (Å²) < 4.78 is 0. The van der Waals surface area contributed by atoms with Gasteiger partial charge in [0.2, 0.25) is 5.91 Å². The number of likely N-dealkylation sites (tertiary alicyclic amines) is 1. The van der Waals surface area contributed by atoms with Gasteiger partial charge in [0, 0.05) is 19.6 Å². The van der Waals surface area contributed by atoms with Crippen molar-refractivity contribution >= 4 is 17.9 Å². The summed E-state index contributed by atoms with van der Waals surface area (Å²) in [6.45, 7) is 4.49. The first-order valence-electron chi connectivity index (χ1n) is 6.97. The third kappa shape index (κ3) is 2.32. The highest BCUT2D eigenvalue weighted by molar-refractivity contribution is 5.91. The van der Waals surface area contributed by atoms with Crippen LogP contribution in [-0.2, 0) is 9.59 Å². The van der Waals surface area contributed by atoms with Crippen LogP contribution in [0.5, 0.6) is 0 Å². The third-order valence-corrected chi connectivity index (χ3v) is 4.33. The van der Waals surface area contributed by atoms with Gasteiger partial charge in [-0.25, -0.2) is 9.59 Å². The lowest BCUT2D eigenvalue weighted by Gasteiger charge is -2.45. The summed E-state index contributed by atoms with van der Waals surface area (Å²) in [4.78, 5) is 38.7. The molecule has 20 heavy (non-hydrogen) atoms. The number of carboxylic acids is 1. The smallest absolute Gasteiger partial charge is 0.329 e. The van der Waals surface area contributed by atoms with Crippen LogP contribution >= 0.6 is 0 Å². The fourth-order valence-corrected chi connectivity index (χ4v) is 2.85. The quantitative estimate of drug-likeness (QED) is 0.722. The van der Waals surface area contributed by atoms with Crippen LogP contribution in [0.25, 0.3) is 0 Å². The van der Waals surface area contributed by atoms with Gasteiger partial charge in [-0.15, -0.1) is 0 Å². The van der Waals surface area contributed by atoms with Crippen molar-refractivity contribution in [3.8, 4) is 0 Å². The number of aliphatic carboxylic acids is 1. The molecule has 2 unspecified atom stereocenters. The zero-order chi connectivity index (χ0) is 14.9. The number of hydrogen-bond acceptors (Lipinski definition) is 3. The summed E-state index contributed by atoms with van der Waals surface area (Å²) in [5.41, 5.74) is -1.18. The summed E-state index contributed by atoms with van der Waals surface area (Å²) in [5.74, 6) is -1.18.